The van der Waals surface area contributed by atoms with Crippen molar-refractivity contribution in [1.82, 2.24) is 4.72 Å². The highest BCUT2D eigenvalue weighted by atomic mass is 35.7. The van der Waals surface area contributed by atoms with E-state index in [-0.39, 0.29) is 0 Å². The summed E-state index contributed by atoms with van der Waals surface area (Å²) >= 11 is 0. The summed E-state index contributed by atoms with van der Waals surface area (Å²) in [6, 6.07) is 3.65. The summed E-state index contributed by atoms with van der Waals surface area (Å²) in [5.74, 6) is 0.327. The number of halogens is 1. The topological polar surface area (TPSA) is 72.5 Å². The first-order valence-corrected chi connectivity index (χ1v) is 7.02. The van der Waals surface area contributed by atoms with Gasteiger partial charge in [0, 0.05) is 10.7 Å². The molecule has 0 aliphatic carbocycles. The number of hydrogen-bond acceptors (Lipinski definition) is 4. The molecule has 1 aromatic carbocycles. The van der Waals surface area contributed by atoms with Crippen molar-refractivity contribution < 1.29 is 17.9 Å². The second-order valence-corrected chi connectivity index (χ2v) is 5.96. The highest BCUT2D eigenvalue weighted by Crippen LogP contribution is 2.24. The number of hydrogen-bond donors (Lipinski definition) is 1. The average Bonchev–Trinajstić information content (AvgIpc) is 2.08. The number of rotatable bonds is 2. The first kappa shape index (κ1) is 13.8. The van der Waals surface area contributed by atoms with Gasteiger partial charge in [-0.05, 0) is 31.9 Å². The summed E-state index contributed by atoms with van der Waals surface area (Å²) in [4.78, 5) is 11.2. The van der Waals surface area contributed by atoms with Crippen LogP contribution >= 0.6 is 10.7 Å². The minimum atomic E-state index is -4.13. The Labute approximate surface area is 104 Å². The van der Waals surface area contributed by atoms with Gasteiger partial charge >= 0.3 is 15.3 Å². The second kappa shape index (κ2) is 4.93. The monoisotopic (exact) mass is 277 g/mol. The van der Waals surface area contributed by atoms with E-state index in [1.165, 1.54) is 4.72 Å². The van der Waals surface area contributed by atoms with Crippen LogP contribution in [0.25, 0.3) is 0 Å². The third-order valence-corrected chi connectivity index (χ3v) is 2.65. The van der Waals surface area contributed by atoms with Crippen molar-refractivity contribution >= 4 is 26.0 Å². The van der Waals surface area contributed by atoms with E-state index in [1.807, 2.05) is 19.1 Å². The SMILES string of the molecule is Cc1cc(C)c(OC(=O)NS(=O)(=O)Cl)c(C)c1. The van der Waals surface area contributed by atoms with E-state index >= 15 is 0 Å². The summed E-state index contributed by atoms with van der Waals surface area (Å²) < 4.78 is 27.6. The van der Waals surface area contributed by atoms with Gasteiger partial charge in [0.15, 0.2) is 0 Å². The lowest BCUT2D eigenvalue weighted by molar-refractivity contribution is 0.206. The van der Waals surface area contributed by atoms with Crippen LogP contribution in [-0.4, -0.2) is 14.5 Å². The van der Waals surface area contributed by atoms with Crippen molar-refractivity contribution in [3.05, 3.63) is 28.8 Å². The van der Waals surface area contributed by atoms with Crippen molar-refractivity contribution in [3.63, 3.8) is 0 Å². The Hall–Kier alpha value is -1.27. The van der Waals surface area contributed by atoms with Gasteiger partial charge in [0.2, 0.25) is 0 Å². The van der Waals surface area contributed by atoms with E-state index in [9.17, 15) is 13.2 Å². The number of carbonyl (C=O) groups excluding carboxylic acids is 1. The maximum absolute atomic E-state index is 11.2. The predicted octanol–water partition coefficient (Wildman–Crippen LogP) is 2.18. The van der Waals surface area contributed by atoms with Gasteiger partial charge in [0.05, 0.1) is 0 Å². The van der Waals surface area contributed by atoms with E-state index in [0.29, 0.717) is 5.75 Å². The summed E-state index contributed by atoms with van der Waals surface area (Å²) in [7, 11) is 0.730. The van der Waals surface area contributed by atoms with Crippen molar-refractivity contribution in [2.45, 2.75) is 20.8 Å². The molecule has 0 aliphatic heterocycles. The van der Waals surface area contributed by atoms with Crippen LogP contribution in [0.3, 0.4) is 0 Å². The van der Waals surface area contributed by atoms with E-state index in [4.69, 9.17) is 15.4 Å². The number of nitrogens with one attached hydrogen (secondary N) is 1. The Kier molecular flexibility index (Phi) is 4.00. The normalized spacial score (nSPS) is 11.1. The molecule has 0 bridgehead atoms. The zero-order valence-electron chi connectivity index (χ0n) is 9.57. The van der Waals surface area contributed by atoms with Crippen LogP contribution in [0.2, 0.25) is 0 Å². The molecular weight excluding hydrogens is 266 g/mol. The molecule has 0 heterocycles. The molecule has 0 fully saturated rings. The highest BCUT2D eigenvalue weighted by Gasteiger charge is 2.15. The molecule has 1 rings (SSSR count). The minimum Gasteiger partial charge on any atom is -0.409 e. The zero-order valence-corrected chi connectivity index (χ0v) is 11.1. The lowest BCUT2D eigenvalue weighted by Crippen LogP contribution is -2.29. The van der Waals surface area contributed by atoms with Crippen LogP contribution in [0, 0.1) is 20.8 Å². The van der Waals surface area contributed by atoms with Crippen LogP contribution in [0.15, 0.2) is 12.1 Å². The van der Waals surface area contributed by atoms with Gasteiger partial charge in [0.25, 0.3) is 0 Å². The molecule has 0 saturated carbocycles. The fraction of sp³-hybridized carbons (Fsp3) is 0.300. The standard InChI is InChI=1S/C10H12ClNO4S/c1-6-4-7(2)9(8(3)5-6)16-10(13)12-17(11,14)15/h4-5H,1-3H3,(H,12,13). The first-order valence-electron chi connectivity index (χ1n) is 4.71. The second-order valence-electron chi connectivity index (χ2n) is 3.66. The lowest BCUT2D eigenvalue weighted by atomic mass is 10.1. The molecule has 94 valence electrons. The summed E-state index contributed by atoms with van der Waals surface area (Å²) in [5, 5.41) is 0. The molecular formula is C10H12ClNO4S. The number of benzene rings is 1. The average molecular weight is 278 g/mol. The molecule has 0 unspecified atom stereocenters. The Bertz CT molecular complexity index is 530. The van der Waals surface area contributed by atoms with Gasteiger partial charge in [-0.3, -0.25) is 0 Å². The molecule has 0 aromatic heterocycles. The van der Waals surface area contributed by atoms with Crippen LogP contribution in [0.4, 0.5) is 4.79 Å². The van der Waals surface area contributed by atoms with Gasteiger partial charge in [-0.25, -0.2) is 9.52 Å². The molecule has 0 atom stereocenters. The molecule has 1 aromatic rings. The maximum atomic E-state index is 11.2. The molecule has 1 N–H and O–H groups in total. The van der Waals surface area contributed by atoms with Crippen molar-refractivity contribution in [3.8, 4) is 5.75 Å². The number of aryl methyl sites for hydroxylation is 3. The Balaban J connectivity index is 2.93. The van der Waals surface area contributed by atoms with Gasteiger partial charge in [-0.2, -0.15) is 8.42 Å². The predicted molar refractivity (Wildman–Crippen MR) is 64.6 cm³/mol. The van der Waals surface area contributed by atoms with Crippen molar-refractivity contribution in [2.24, 2.45) is 0 Å². The molecule has 7 heteroatoms. The lowest BCUT2D eigenvalue weighted by Gasteiger charge is -2.11. The number of ether oxygens (including phenoxy) is 1. The molecule has 5 nitrogen and oxygen atoms in total. The van der Waals surface area contributed by atoms with E-state index in [1.54, 1.807) is 13.8 Å². The van der Waals surface area contributed by atoms with Gasteiger partial charge < -0.3 is 4.74 Å². The van der Waals surface area contributed by atoms with E-state index in [2.05, 4.69) is 0 Å². The van der Waals surface area contributed by atoms with Crippen molar-refractivity contribution in [1.29, 1.82) is 0 Å². The molecule has 17 heavy (non-hydrogen) atoms. The smallest absolute Gasteiger partial charge is 0.409 e. The first-order chi connectivity index (χ1) is 7.69. The molecule has 1 amide bonds. The van der Waals surface area contributed by atoms with Gasteiger partial charge in [-0.15, -0.1) is 0 Å². The largest absolute Gasteiger partial charge is 0.427 e. The molecule has 0 aliphatic rings. The highest BCUT2D eigenvalue weighted by molar-refractivity contribution is 8.12. The van der Waals surface area contributed by atoms with Crippen LogP contribution in [-0.2, 0) is 9.24 Å². The van der Waals surface area contributed by atoms with E-state index in [0.717, 1.165) is 16.7 Å². The number of amides is 1. The van der Waals surface area contributed by atoms with Crippen LogP contribution < -0.4 is 9.46 Å². The van der Waals surface area contributed by atoms with Gasteiger partial charge in [0.1, 0.15) is 5.75 Å². The third kappa shape index (κ3) is 4.24. The summed E-state index contributed by atoms with van der Waals surface area (Å²) in [6.07, 6.45) is -1.13. The Morgan fingerprint density at radius 1 is 1.24 bits per heavy atom. The molecule has 0 radical (unpaired) electrons. The van der Waals surface area contributed by atoms with E-state index < -0.39 is 15.3 Å². The fourth-order valence-corrected chi connectivity index (χ4v) is 1.97. The molecule has 0 saturated heterocycles. The number of carbonyl (C=O) groups is 1. The summed E-state index contributed by atoms with van der Waals surface area (Å²) in [5.41, 5.74) is 2.51. The van der Waals surface area contributed by atoms with Crippen molar-refractivity contribution in [2.75, 3.05) is 0 Å². The zero-order chi connectivity index (χ0) is 13.2. The molecule has 0 spiro atoms. The summed E-state index contributed by atoms with van der Waals surface area (Å²) in [6.45, 7) is 5.43. The third-order valence-electron chi connectivity index (χ3n) is 2.00. The Morgan fingerprint density at radius 3 is 2.12 bits per heavy atom. The van der Waals surface area contributed by atoms with Gasteiger partial charge in [-0.1, -0.05) is 17.7 Å². The van der Waals surface area contributed by atoms with Crippen LogP contribution in [0.1, 0.15) is 16.7 Å². The minimum absolute atomic E-state index is 0.327. The maximum Gasteiger partial charge on any atom is 0.427 e. The fourth-order valence-electron chi connectivity index (χ4n) is 1.54. The quantitative estimate of drug-likeness (QED) is 0.841. The van der Waals surface area contributed by atoms with Crippen LogP contribution in [0.5, 0.6) is 5.75 Å². The Morgan fingerprint density at radius 2 is 1.71 bits per heavy atom.